The number of ether oxygens (including phenoxy) is 2. The summed E-state index contributed by atoms with van der Waals surface area (Å²) < 4.78 is 16.2. The third kappa shape index (κ3) is 6.85. The molecule has 33 heavy (non-hydrogen) atoms. The van der Waals surface area contributed by atoms with E-state index >= 15 is 0 Å². The lowest BCUT2D eigenvalue weighted by molar-refractivity contribution is -0.117. The lowest BCUT2D eigenvalue weighted by Gasteiger charge is -2.18. The molecule has 2 amide bonds. The molecule has 0 spiro atoms. The van der Waals surface area contributed by atoms with E-state index in [2.05, 4.69) is 10.6 Å². The minimum absolute atomic E-state index is 0.151. The number of carbonyl (C=O) groups is 2. The molecule has 0 fully saturated rings. The molecule has 0 radical (unpaired) electrons. The van der Waals surface area contributed by atoms with Crippen LogP contribution in [0.3, 0.4) is 0 Å². The predicted octanol–water partition coefficient (Wildman–Crippen LogP) is 3.69. The Morgan fingerprint density at radius 1 is 1.06 bits per heavy atom. The number of methoxy groups -OCH3 is 1. The Bertz CT molecular complexity index is 1070. The number of nitrogens with one attached hydrogen (secondary N) is 2. The summed E-state index contributed by atoms with van der Waals surface area (Å²) in [5, 5.41) is 5.64. The lowest BCUT2D eigenvalue weighted by Crippen LogP contribution is -2.31. The number of rotatable bonds is 11. The largest absolute Gasteiger partial charge is 0.493 e. The van der Waals surface area contributed by atoms with Gasteiger partial charge in [0.25, 0.3) is 5.91 Å². The highest BCUT2D eigenvalue weighted by atomic mass is 16.5. The first-order valence-corrected chi connectivity index (χ1v) is 10.7. The van der Waals surface area contributed by atoms with Gasteiger partial charge in [0.1, 0.15) is 5.76 Å². The molecular weight excluding hydrogens is 422 g/mol. The van der Waals surface area contributed by atoms with Gasteiger partial charge in [-0.25, -0.2) is 0 Å². The van der Waals surface area contributed by atoms with Gasteiger partial charge in [-0.2, -0.15) is 0 Å². The standard InChI is InChI=1S/C25H29N3O5/c1-4-32-22-12-11-18(14-23(22)31-3)16-28(2)17-24(29)27-21-10-6-5-9-20(21)25(30)26-15-19-8-7-13-33-19/h5-14H,4,15-17H2,1-3H3,(H,26,30)(H,27,29). The van der Waals surface area contributed by atoms with E-state index < -0.39 is 0 Å². The molecule has 2 aromatic carbocycles. The van der Waals surface area contributed by atoms with Gasteiger partial charge in [-0.1, -0.05) is 18.2 Å². The summed E-state index contributed by atoms with van der Waals surface area (Å²) in [7, 11) is 3.45. The zero-order valence-corrected chi connectivity index (χ0v) is 19.1. The summed E-state index contributed by atoms with van der Waals surface area (Å²) in [6.07, 6.45) is 1.55. The molecule has 8 heteroatoms. The van der Waals surface area contributed by atoms with Crippen LogP contribution in [0.25, 0.3) is 0 Å². The van der Waals surface area contributed by atoms with Crippen LogP contribution in [0.1, 0.15) is 28.6 Å². The quantitative estimate of drug-likeness (QED) is 0.462. The van der Waals surface area contributed by atoms with Crippen molar-refractivity contribution in [3.8, 4) is 11.5 Å². The highest BCUT2D eigenvalue weighted by Gasteiger charge is 2.15. The van der Waals surface area contributed by atoms with Crippen LogP contribution in [-0.2, 0) is 17.9 Å². The zero-order valence-electron chi connectivity index (χ0n) is 19.1. The summed E-state index contributed by atoms with van der Waals surface area (Å²) in [6.45, 7) is 3.43. The van der Waals surface area contributed by atoms with Gasteiger partial charge in [0.05, 0.1) is 44.3 Å². The minimum atomic E-state index is -0.294. The van der Waals surface area contributed by atoms with Gasteiger partial charge in [0.2, 0.25) is 5.91 Å². The van der Waals surface area contributed by atoms with E-state index in [9.17, 15) is 9.59 Å². The number of para-hydroxylation sites is 1. The molecule has 0 unspecified atom stereocenters. The number of likely N-dealkylation sites (N-methyl/N-ethyl adjacent to an activating group) is 1. The molecule has 3 rings (SSSR count). The third-order valence-electron chi connectivity index (χ3n) is 4.84. The fraction of sp³-hybridized carbons (Fsp3) is 0.280. The number of amides is 2. The van der Waals surface area contributed by atoms with E-state index in [4.69, 9.17) is 13.9 Å². The molecule has 0 aliphatic carbocycles. The lowest BCUT2D eigenvalue weighted by atomic mass is 10.1. The molecule has 0 bridgehead atoms. The summed E-state index contributed by atoms with van der Waals surface area (Å²) >= 11 is 0. The van der Waals surface area contributed by atoms with E-state index in [1.807, 2.05) is 37.1 Å². The van der Waals surface area contributed by atoms with Crippen LogP contribution in [0.15, 0.2) is 65.3 Å². The number of nitrogens with zero attached hydrogens (tertiary/aromatic N) is 1. The monoisotopic (exact) mass is 451 g/mol. The average Bonchev–Trinajstić information content (AvgIpc) is 3.32. The van der Waals surface area contributed by atoms with Crippen LogP contribution in [0.5, 0.6) is 11.5 Å². The molecule has 2 N–H and O–H groups in total. The van der Waals surface area contributed by atoms with Gasteiger partial charge in [-0.3, -0.25) is 14.5 Å². The summed E-state index contributed by atoms with van der Waals surface area (Å²) in [5.41, 5.74) is 1.83. The molecule has 0 saturated carbocycles. The molecule has 0 atom stereocenters. The molecule has 174 valence electrons. The number of hydrogen-bond acceptors (Lipinski definition) is 6. The van der Waals surface area contributed by atoms with Crippen molar-refractivity contribution in [3.63, 3.8) is 0 Å². The maximum absolute atomic E-state index is 12.7. The van der Waals surface area contributed by atoms with Gasteiger partial charge in [0.15, 0.2) is 11.5 Å². The molecule has 1 aromatic heterocycles. The maximum Gasteiger partial charge on any atom is 0.253 e. The van der Waals surface area contributed by atoms with Crippen molar-refractivity contribution in [1.82, 2.24) is 10.2 Å². The van der Waals surface area contributed by atoms with Crippen molar-refractivity contribution >= 4 is 17.5 Å². The van der Waals surface area contributed by atoms with Crippen LogP contribution in [0.2, 0.25) is 0 Å². The molecule has 0 aliphatic rings. The van der Waals surface area contributed by atoms with Gasteiger partial charge in [-0.15, -0.1) is 0 Å². The highest BCUT2D eigenvalue weighted by molar-refractivity contribution is 6.04. The van der Waals surface area contributed by atoms with Gasteiger partial charge in [0, 0.05) is 6.54 Å². The molecule has 0 saturated heterocycles. The fourth-order valence-electron chi connectivity index (χ4n) is 3.35. The number of benzene rings is 2. The first kappa shape index (κ1) is 23.9. The van der Waals surface area contributed by atoms with Crippen LogP contribution in [0.4, 0.5) is 5.69 Å². The first-order chi connectivity index (χ1) is 16.0. The molecule has 8 nitrogen and oxygen atoms in total. The minimum Gasteiger partial charge on any atom is -0.493 e. The van der Waals surface area contributed by atoms with E-state index in [0.717, 1.165) is 5.56 Å². The molecule has 1 heterocycles. The normalized spacial score (nSPS) is 10.7. The Morgan fingerprint density at radius 2 is 1.88 bits per heavy atom. The Labute approximate surface area is 193 Å². The SMILES string of the molecule is CCOc1ccc(CN(C)CC(=O)Nc2ccccc2C(=O)NCc2ccco2)cc1OC. The number of carbonyl (C=O) groups excluding carboxylic acids is 2. The number of anilines is 1. The second-order valence-corrected chi connectivity index (χ2v) is 7.45. The van der Waals surface area contributed by atoms with E-state index in [1.165, 1.54) is 0 Å². The van der Waals surface area contributed by atoms with Crippen molar-refractivity contribution < 1.29 is 23.5 Å². The Kier molecular flexibility index (Phi) is 8.49. The average molecular weight is 452 g/mol. The Morgan fingerprint density at radius 3 is 2.61 bits per heavy atom. The smallest absolute Gasteiger partial charge is 0.253 e. The van der Waals surface area contributed by atoms with E-state index in [-0.39, 0.29) is 24.9 Å². The Balaban J connectivity index is 1.57. The molecule has 3 aromatic rings. The summed E-state index contributed by atoms with van der Waals surface area (Å²) in [5.74, 6) is 1.48. The van der Waals surface area contributed by atoms with Crippen LogP contribution >= 0.6 is 0 Å². The van der Waals surface area contributed by atoms with Crippen LogP contribution < -0.4 is 20.1 Å². The fourth-order valence-corrected chi connectivity index (χ4v) is 3.35. The van der Waals surface area contributed by atoms with Gasteiger partial charge in [-0.05, 0) is 55.9 Å². The van der Waals surface area contributed by atoms with Crippen molar-refractivity contribution in [2.24, 2.45) is 0 Å². The summed E-state index contributed by atoms with van der Waals surface area (Å²) in [4.78, 5) is 27.1. The second-order valence-electron chi connectivity index (χ2n) is 7.45. The van der Waals surface area contributed by atoms with Crippen LogP contribution in [0, 0.1) is 0 Å². The van der Waals surface area contributed by atoms with Crippen molar-refractivity contribution in [2.75, 3.05) is 32.6 Å². The predicted molar refractivity (Wildman–Crippen MR) is 125 cm³/mol. The Hall–Kier alpha value is -3.78. The third-order valence-corrected chi connectivity index (χ3v) is 4.84. The van der Waals surface area contributed by atoms with E-state index in [1.54, 1.807) is 49.8 Å². The number of hydrogen-bond donors (Lipinski definition) is 2. The van der Waals surface area contributed by atoms with Gasteiger partial charge < -0.3 is 24.5 Å². The van der Waals surface area contributed by atoms with Crippen molar-refractivity contribution in [3.05, 3.63) is 77.7 Å². The highest BCUT2D eigenvalue weighted by Crippen LogP contribution is 2.28. The van der Waals surface area contributed by atoms with Crippen LogP contribution in [-0.4, -0.2) is 44.0 Å². The second kappa shape index (κ2) is 11.7. The number of furan rings is 1. The molecular formula is C25H29N3O5. The maximum atomic E-state index is 12.7. The van der Waals surface area contributed by atoms with Crippen molar-refractivity contribution in [1.29, 1.82) is 0 Å². The van der Waals surface area contributed by atoms with Gasteiger partial charge >= 0.3 is 0 Å². The summed E-state index contributed by atoms with van der Waals surface area (Å²) in [6, 6.07) is 16.2. The first-order valence-electron chi connectivity index (χ1n) is 10.7. The van der Waals surface area contributed by atoms with Crippen molar-refractivity contribution in [2.45, 2.75) is 20.0 Å². The topological polar surface area (TPSA) is 93.0 Å². The van der Waals surface area contributed by atoms with E-state index in [0.29, 0.717) is 41.7 Å². The zero-order chi connectivity index (χ0) is 23.6. The molecule has 0 aliphatic heterocycles.